The Morgan fingerprint density at radius 1 is 0.867 bits per heavy atom. The van der Waals surface area contributed by atoms with Gasteiger partial charge in [-0.15, -0.1) is 0 Å². The summed E-state index contributed by atoms with van der Waals surface area (Å²) in [6, 6.07) is 15.6. The largest absolute Gasteiger partial charge is 0.497 e. The Morgan fingerprint density at radius 2 is 1.53 bits per heavy atom. The van der Waals surface area contributed by atoms with Crippen molar-refractivity contribution in [1.29, 1.82) is 0 Å². The number of amides is 2. The number of ether oxygens (including phenoxy) is 1. The fourth-order valence-electron chi connectivity index (χ4n) is 4.64. The maximum atomic E-state index is 13.4. The first kappa shape index (κ1) is 20.5. The zero-order valence-corrected chi connectivity index (χ0v) is 17.8. The highest BCUT2D eigenvalue weighted by molar-refractivity contribution is 5.95. The van der Waals surface area contributed by atoms with Gasteiger partial charge < -0.3 is 14.5 Å². The Bertz CT molecular complexity index is 886. The van der Waals surface area contributed by atoms with Crippen molar-refractivity contribution in [2.75, 3.05) is 33.3 Å². The third-order valence-electron chi connectivity index (χ3n) is 6.43. The maximum Gasteiger partial charge on any atom is 0.253 e. The Balaban J connectivity index is 1.58. The molecule has 2 aliphatic rings. The number of likely N-dealkylation sites (tertiary alicyclic amines) is 2. The van der Waals surface area contributed by atoms with Gasteiger partial charge in [0.2, 0.25) is 5.91 Å². The molecule has 2 fully saturated rings. The quantitative estimate of drug-likeness (QED) is 0.774. The molecule has 5 nitrogen and oxygen atoms in total. The molecule has 4 rings (SSSR count). The van der Waals surface area contributed by atoms with Gasteiger partial charge >= 0.3 is 0 Å². The number of carbonyl (C=O) groups is 2. The van der Waals surface area contributed by atoms with Crippen LogP contribution in [0.25, 0.3) is 0 Å². The average molecular weight is 407 g/mol. The molecule has 0 N–H and O–H groups in total. The standard InChI is InChI=1S/C25H30N2O3/c1-18-6-8-19(9-7-18)22-16-27(24(28)20-10-12-21(30-2)13-11-20)17-23(22)25(29)26-14-4-3-5-15-26/h6-13,22-23H,3-5,14-17H2,1-2H3. The van der Waals surface area contributed by atoms with E-state index in [1.54, 1.807) is 31.4 Å². The zero-order valence-electron chi connectivity index (χ0n) is 17.8. The van der Waals surface area contributed by atoms with Crippen LogP contribution in [0.15, 0.2) is 48.5 Å². The summed E-state index contributed by atoms with van der Waals surface area (Å²) in [4.78, 5) is 30.4. The molecule has 158 valence electrons. The molecule has 2 heterocycles. The number of rotatable bonds is 4. The summed E-state index contributed by atoms with van der Waals surface area (Å²) in [6.07, 6.45) is 3.34. The second-order valence-corrected chi connectivity index (χ2v) is 8.45. The molecule has 2 unspecified atom stereocenters. The first-order valence-corrected chi connectivity index (χ1v) is 10.9. The lowest BCUT2D eigenvalue weighted by Gasteiger charge is -2.31. The van der Waals surface area contributed by atoms with Crippen molar-refractivity contribution >= 4 is 11.8 Å². The van der Waals surface area contributed by atoms with Crippen molar-refractivity contribution in [3.8, 4) is 5.75 Å². The normalized spacial score (nSPS) is 21.5. The van der Waals surface area contributed by atoms with Crippen molar-refractivity contribution in [2.45, 2.75) is 32.1 Å². The van der Waals surface area contributed by atoms with Crippen LogP contribution in [0.3, 0.4) is 0 Å². The van der Waals surface area contributed by atoms with E-state index in [0.29, 0.717) is 18.7 Å². The minimum absolute atomic E-state index is 0.0243. The SMILES string of the molecule is COc1ccc(C(=O)N2CC(C(=O)N3CCCCC3)C(c3ccc(C)cc3)C2)cc1. The van der Waals surface area contributed by atoms with Crippen molar-refractivity contribution in [2.24, 2.45) is 5.92 Å². The molecule has 2 atom stereocenters. The molecule has 2 amide bonds. The van der Waals surface area contributed by atoms with Crippen LogP contribution in [0.4, 0.5) is 0 Å². The number of piperidine rings is 1. The summed E-state index contributed by atoms with van der Waals surface area (Å²) in [7, 11) is 1.61. The Hall–Kier alpha value is -2.82. The van der Waals surface area contributed by atoms with Gasteiger partial charge in [0.05, 0.1) is 13.0 Å². The summed E-state index contributed by atoms with van der Waals surface area (Å²) in [5, 5.41) is 0. The number of benzene rings is 2. The fourth-order valence-corrected chi connectivity index (χ4v) is 4.64. The summed E-state index contributed by atoms with van der Waals surface area (Å²) in [5.41, 5.74) is 2.97. The lowest BCUT2D eigenvalue weighted by molar-refractivity contribution is -0.136. The van der Waals surface area contributed by atoms with Gasteiger partial charge in [-0.05, 0) is 56.0 Å². The van der Waals surface area contributed by atoms with Crippen LogP contribution in [0.1, 0.15) is 46.7 Å². The third kappa shape index (κ3) is 4.20. The van der Waals surface area contributed by atoms with E-state index >= 15 is 0 Å². The molecule has 5 heteroatoms. The molecule has 0 aromatic heterocycles. The highest BCUT2D eigenvalue weighted by atomic mass is 16.5. The van der Waals surface area contributed by atoms with E-state index in [4.69, 9.17) is 4.74 Å². The molecule has 0 radical (unpaired) electrons. The second-order valence-electron chi connectivity index (χ2n) is 8.45. The third-order valence-corrected chi connectivity index (χ3v) is 6.43. The van der Waals surface area contributed by atoms with Crippen LogP contribution >= 0.6 is 0 Å². The topological polar surface area (TPSA) is 49.9 Å². The molecule has 0 saturated carbocycles. The lowest BCUT2D eigenvalue weighted by Crippen LogP contribution is -2.42. The molecule has 0 spiro atoms. The van der Waals surface area contributed by atoms with Gasteiger partial charge in [0.1, 0.15) is 5.75 Å². The van der Waals surface area contributed by atoms with Crippen molar-refractivity contribution < 1.29 is 14.3 Å². The van der Waals surface area contributed by atoms with E-state index in [2.05, 4.69) is 31.2 Å². The number of aryl methyl sites for hydroxylation is 1. The maximum absolute atomic E-state index is 13.4. The molecule has 0 bridgehead atoms. The van der Waals surface area contributed by atoms with Gasteiger partial charge in [0.15, 0.2) is 0 Å². The first-order chi connectivity index (χ1) is 14.6. The molecule has 30 heavy (non-hydrogen) atoms. The predicted molar refractivity (Wildman–Crippen MR) is 117 cm³/mol. The Labute approximate surface area is 178 Å². The number of carbonyl (C=O) groups excluding carboxylic acids is 2. The molecule has 2 aromatic carbocycles. The van der Waals surface area contributed by atoms with Crippen molar-refractivity contribution in [3.63, 3.8) is 0 Å². The van der Waals surface area contributed by atoms with Crippen molar-refractivity contribution in [1.82, 2.24) is 9.80 Å². The molecular formula is C25H30N2O3. The van der Waals surface area contributed by atoms with Crippen LogP contribution in [0.5, 0.6) is 5.75 Å². The van der Waals surface area contributed by atoms with E-state index in [0.717, 1.165) is 37.2 Å². The minimum Gasteiger partial charge on any atom is -0.497 e. The zero-order chi connectivity index (χ0) is 21.1. The van der Waals surface area contributed by atoms with E-state index in [-0.39, 0.29) is 23.7 Å². The van der Waals surface area contributed by atoms with Gasteiger partial charge in [-0.3, -0.25) is 9.59 Å². The smallest absolute Gasteiger partial charge is 0.253 e. The van der Waals surface area contributed by atoms with E-state index in [9.17, 15) is 9.59 Å². The molecule has 2 aliphatic heterocycles. The summed E-state index contributed by atoms with van der Waals surface area (Å²) in [6.45, 7) is 4.77. The Morgan fingerprint density at radius 3 is 2.17 bits per heavy atom. The second kappa shape index (κ2) is 8.90. The molecule has 2 saturated heterocycles. The summed E-state index contributed by atoms with van der Waals surface area (Å²) in [5.74, 6) is 0.743. The average Bonchev–Trinajstić information content (AvgIpc) is 3.24. The number of hydrogen-bond donors (Lipinski definition) is 0. The highest BCUT2D eigenvalue weighted by Crippen LogP contribution is 2.35. The van der Waals surface area contributed by atoms with E-state index in [1.165, 1.54) is 12.0 Å². The fraction of sp³-hybridized carbons (Fsp3) is 0.440. The van der Waals surface area contributed by atoms with E-state index < -0.39 is 0 Å². The number of methoxy groups -OCH3 is 1. The van der Waals surface area contributed by atoms with Gasteiger partial charge in [0.25, 0.3) is 5.91 Å². The predicted octanol–water partition coefficient (Wildman–Crippen LogP) is 3.87. The Kier molecular flexibility index (Phi) is 6.07. The molecular weight excluding hydrogens is 376 g/mol. The van der Waals surface area contributed by atoms with Crippen LogP contribution in [0, 0.1) is 12.8 Å². The van der Waals surface area contributed by atoms with Crippen molar-refractivity contribution in [3.05, 3.63) is 65.2 Å². The van der Waals surface area contributed by atoms with E-state index in [1.807, 2.05) is 9.80 Å². The van der Waals surface area contributed by atoms with Gasteiger partial charge in [-0.25, -0.2) is 0 Å². The van der Waals surface area contributed by atoms with Crippen LogP contribution in [-0.4, -0.2) is 54.9 Å². The lowest BCUT2D eigenvalue weighted by atomic mass is 9.87. The number of nitrogens with zero attached hydrogens (tertiary/aromatic N) is 2. The van der Waals surface area contributed by atoms with Gasteiger partial charge in [-0.2, -0.15) is 0 Å². The highest BCUT2D eigenvalue weighted by Gasteiger charge is 2.42. The number of hydrogen-bond acceptors (Lipinski definition) is 3. The molecule has 0 aliphatic carbocycles. The summed E-state index contributed by atoms with van der Waals surface area (Å²) < 4.78 is 5.20. The molecule has 2 aromatic rings. The first-order valence-electron chi connectivity index (χ1n) is 10.9. The van der Waals surface area contributed by atoms with Gasteiger partial charge in [0, 0.05) is 37.7 Å². The van der Waals surface area contributed by atoms with Gasteiger partial charge in [-0.1, -0.05) is 29.8 Å². The van der Waals surface area contributed by atoms with Crippen LogP contribution in [0.2, 0.25) is 0 Å². The monoisotopic (exact) mass is 406 g/mol. The van der Waals surface area contributed by atoms with Crippen LogP contribution < -0.4 is 4.74 Å². The minimum atomic E-state index is -0.187. The van der Waals surface area contributed by atoms with Crippen LogP contribution in [-0.2, 0) is 4.79 Å². The summed E-state index contributed by atoms with van der Waals surface area (Å²) >= 11 is 0.